The Labute approximate surface area is 183 Å². The third-order valence-corrected chi connectivity index (χ3v) is 5.94. The first kappa shape index (κ1) is 18.8. The van der Waals surface area contributed by atoms with Crippen LogP contribution in [0.25, 0.3) is 44.3 Å². The fourth-order valence-electron chi connectivity index (χ4n) is 3.83. The number of hydrogen-bond donors (Lipinski definition) is 1. The summed E-state index contributed by atoms with van der Waals surface area (Å²) in [4.78, 5) is 9.76. The first-order valence-corrected chi connectivity index (χ1v) is 10.7. The van der Waals surface area contributed by atoms with Gasteiger partial charge in [-0.1, -0.05) is 64.5 Å². The number of benzene rings is 3. The SMILES string of the molecule is CNc1c(C)ccc2ccc(-c3ccc(-c4ccc5cc(Br)ccc5n4)cc3)nc12. The van der Waals surface area contributed by atoms with Gasteiger partial charge in [-0.3, -0.25) is 0 Å². The lowest BCUT2D eigenvalue weighted by Crippen LogP contribution is -1.96. The van der Waals surface area contributed by atoms with E-state index in [9.17, 15) is 0 Å². The maximum atomic E-state index is 4.95. The Bertz CT molecular complexity index is 1390. The average Bonchev–Trinajstić information content (AvgIpc) is 2.78. The fourth-order valence-corrected chi connectivity index (χ4v) is 4.21. The van der Waals surface area contributed by atoms with Crippen LogP contribution in [0.15, 0.2) is 83.3 Å². The van der Waals surface area contributed by atoms with Crippen LogP contribution in [-0.4, -0.2) is 17.0 Å². The highest BCUT2D eigenvalue weighted by Crippen LogP contribution is 2.30. The molecule has 0 aliphatic heterocycles. The highest BCUT2D eigenvalue weighted by molar-refractivity contribution is 9.10. The summed E-state index contributed by atoms with van der Waals surface area (Å²) >= 11 is 3.52. The smallest absolute Gasteiger partial charge is 0.0943 e. The molecular formula is C26H20BrN3. The largest absolute Gasteiger partial charge is 0.386 e. The molecule has 0 spiro atoms. The van der Waals surface area contributed by atoms with Gasteiger partial charge in [0.05, 0.1) is 28.1 Å². The molecule has 3 aromatic carbocycles. The van der Waals surface area contributed by atoms with E-state index in [0.29, 0.717) is 0 Å². The molecule has 0 aliphatic rings. The summed E-state index contributed by atoms with van der Waals surface area (Å²) in [6.07, 6.45) is 0. The van der Waals surface area contributed by atoms with Crippen molar-refractivity contribution in [1.82, 2.24) is 9.97 Å². The maximum Gasteiger partial charge on any atom is 0.0943 e. The zero-order chi connectivity index (χ0) is 20.7. The number of nitrogens with one attached hydrogen (secondary N) is 1. The minimum atomic E-state index is 0.965. The topological polar surface area (TPSA) is 37.8 Å². The van der Waals surface area contributed by atoms with Crippen molar-refractivity contribution in [1.29, 1.82) is 0 Å². The molecule has 5 aromatic rings. The normalized spacial score (nSPS) is 11.2. The van der Waals surface area contributed by atoms with Crippen LogP contribution in [0, 0.1) is 6.92 Å². The molecule has 5 rings (SSSR count). The van der Waals surface area contributed by atoms with Crippen LogP contribution in [0.4, 0.5) is 5.69 Å². The van der Waals surface area contributed by atoms with E-state index in [1.54, 1.807) is 0 Å². The van der Waals surface area contributed by atoms with E-state index in [-0.39, 0.29) is 0 Å². The summed E-state index contributed by atoms with van der Waals surface area (Å²) in [7, 11) is 1.94. The van der Waals surface area contributed by atoms with Gasteiger partial charge in [0.15, 0.2) is 0 Å². The molecule has 0 unspecified atom stereocenters. The molecule has 0 radical (unpaired) electrons. The second-order valence-electron chi connectivity index (χ2n) is 7.39. The second-order valence-corrected chi connectivity index (χ2v) is 8.30. The van der Waals surface area contributed by atoms with Gasteiger partial charge < -0.3 is 5.32 Å². The van der Waals surface area contributed by atoms with E-state index < -0.39 is 0 Å². The van der Waals surface area contributed by atoms with Crippen LogP contribution in [0.3, 0.4) is 0 Å². The summed E-state index contributed by atoms with van der Waals surface area (Å²) in [5.74, 6) is 0. The fraction of sp³-hybridized carbons (Fsp3) is 0.0769. The van der Waals surface area contributed by atoms with Crippen LogP contribution in [-0.2, 0) is 0 Å². The molecule has 0 saturated carbocycles. The number of aromatic nitrogens is 2. The minimum absolute atomic E-state index is 0.965. The molecule has 0 bridgehead atoms. The van der Waals surface area contributed by atoms with Crippen LogP contribution in [0.5, 0.6) is 0 Å². The van der Waals surface area contributed by atoms with Gasteiger partial charge in [0.25, 0.3) is 0 Å². The van der Waals surface area contributed by atoms with Gasteiger partial charge in [-0.2, -0.15) is 0 Å². The minimum Gasteiger partial charge on any atom is -0.386 e. The van der Waals surface area contributed by atoms with Crippen LogP contribution >= 0.6 is 15.9 Å². The Hall–Kier alpha value is -3.24. The van der Waals surface area contributed by atoms with Gasteiger partial charge >= 0.3 is 0 Å². The number of fused-ring (bicyclic) bond motifs is 2. The van der Waals surface area contributed by atoms with Gasteiger partial charge in [-0.05, 0) is 42.8 Å². The van der Waals surface area contributed by atoms with Gasteiger partial charge in [0.1, 0.15) is 0 Å². The second kappa shape index (κ2) is 7.54. The summed E-state index contributed by atoms with van der Waals surface area (Å²) in [5, 5.41) is 5.55. The quantitative estimate of drug-likeness (QED) is 0.313. The van der Waals surface area contributed by atoms with Crippen LogP contribution in [0.2, 0.25) is 0 Å². The zero-order valence-corrected chi connectivity index (χ0v) is 18.4. The van der Waals surface area contributed by atoms with Crippen molar-refractivity contribution in [3.63, 3.8) is 0 Å². The van der Waals surface area contributed by atoms with Crippen molar-refractivity contribution in [3.05, 3.63) is 88.9 Å². The summed E-state index contributed by atoms with van der Waals surface area (Å²) in [6, 6.07) is 27.3. The van der Waals surface area contributed by atoms with Crippen LogP contribution < -0.4 is 5.32 Å². The average molecular weight is 454 g/mol. The van der Waals surface area contributed by atoms with Crippen LogP contribution in [0.1, 0.15) is 5.56 Å². The van der Waals surface area contributed by atoms with E-state index in [1.165, 1.54) is 5.56 Å². The van der Waals surface area contributed by atoms with E-state index in [4.69, 9.17) is 9.97 Å². The molecule has 1 N–H and O–H groups in total. The first-order chi connectivity index (χ1) is 14.6. The molecule has 0 amide bonds. The Morgan fingerprint density at radius 3 is 2.03 bits per heavy atom. The highest BCUT2D eigenvalue weighted by atomic mass is 79.9. The lowest BCUT2D eigenvalue weighted by Gasteiger charge is -2.11. The number of anilines is 1. The molecule has 146 valence electrons. The highest BCUT2D eigenvalue weighted by Gasteiger charge is 2.08. The Morgan fingerprint density at radius 2 is 1.33 bits per heavy atom. The standard InChI is InChI=1S/C26H20BrN3/c1-16-3-4-19-9-12-23(30-26(19)25(16)28-2)18-7-5-17(6-8-18)22-13-10-20-15-21(27)11-14-24(20)29-22/h3-15,28H,1-2H3. The van der Waals surface area contributed by atoms with E-state index in [2.05, 4.69) is 94.9 Å². The zero-order valence-electron chi connectivity index (χ0n) is 16.8. The third kappa shape index (κ3) is 3.33. The monoisotopic (exact) mass is 453 g/mol. The molecular weight excluding hydrogens is 434 g/mol. The molecule has 2 aromatic heterocycles. The van der Waals surface area contributed by atoms with Crippen molar-refractivity contribution in [2.24, 2.45) is 0 Å². The predicted octanol–water partition coefficient (Wildman–Crippen LogP) is 7.23. The lowest BCUT2D eigenvalue weighted by molar-refractivity contribution is 1.35. The molecule has 0 aliphatic carbocycles. The molecule has 0 fully saturated rings. The molecule has 4 heteroatoms. The first-order valence-electron chi connectivity index (χ1n) is 9.87. The maximum absolute atomic E-state index is 4.95. The number of aryl methyl sites for hydroxylation is 1. The molecule has 2 heterocycles. The number of halogens is 1. The summed E-state index contributed by atoms with van der Waals surface area (Å²) in [5.41, 5.74) is 8.39. The van der Waals surface area contributed by atoms with E-state index >= 15 is 0 Å². The molecule has 30 heavy (non-hydrogen) atoms. The number of nitrogens with zero attached hydrogens (tertiary/aromatic N) is 2. The molecule has 3 nitrogen and oxygen atoms in total. The van der Waals surface area contributed by atoms with Crippen molar-refractivity contribution in [2.75, 3.05) is 12.4 Å². The van der Waals surface area contributed by atoms with Crippen molar-refractivity contribution in [2.45, 2.75) is 6.92 Å². The summed E-state index contributed by atoms with van der Waals surface area (Å²) < 4.78 is 1.06. The van der Waals surface area contributed by atoms with E-state index in [0.717, 1.165) is 54.5 Å². The number of hydrogen-bond acceptors (Lipinski definition) is 3. The van der Waals surface area contributed by atoms with Gasteiger partial charge in [0, 0.05) is 33.4 Å². The Kier molecular flexibility index (Phi) is 4.72. The Morgan fingerprint density at radius 1 is 0.700 bits per heavy atom. The van der Waals surface area contributed by atoms with Crippen molar-refractivity contribution >= 4 is 43.4 Å². The third-order valence-electron chi connectivity index (χ3n) is 5.45. The van der Waals surface area contributed by atoms with Gasteiger partial charge in [0.2, 0.25) is 0 Å². The lowest BCUT2D eigenvalue weighted by atomic mass is 10.0. The van der Waals surface area contributed by atoms with Gasteiger partial charge in [-0.15, -0.1) is 0 Å². The predicted molar refractivity (Wildman–Crippen MR) is 130 cm³/mol. The van der Waals surface area contributed by atoms with E-state index in [1.807, 2.05) is 19.2 Å². The van der Waals surface area contributed by atoms with Gasteiger partial charge in [-0.25, -0.2) is 9.97 Å². The number of pyridine rings is 2. The number of rotatable bonds is 3. The summed E-state index contributed by atoms with van der Waals surface area (Å²) in [6.45, 7) is 2.10. The van der Waals surface area contributed by atoms with Crippen molar-refractivity contribution in [3.8, 4) is 22.5 Å². The molecule has 0 atom stereocenters. The Balaban J connectivity index is 1.53. The molecule has 0 saturated heterocycles. The van der Waals surface area contributed by atoms with Crippen molar-refractivity contribution < 1.29 is 0 Å².